The van der Waals surface area contributed by atoms with Crippen LogP contribution in [-0.2, 0) is 9.47 Å². The van der Waals surface area contributed by atoms with Crippen LogP contribution in [0.4, 0.5) is 0 Å². The van der Waals surface area contributed by atoms with Gasteiger partial charge in [-0.25, -0.2) is 9.59 Å². The molecule has 10 aromatic rings. The van der Waals surface area contributed by atoms with Gasteiger partial charge >= 0.3 is 11.9 Å². The minimum atomic E-state index is -0.427. The van der Waals surface area contributed by atoms with Crippen molar-refractivity contribution in [3.63, 3.8) is 0 Å². The number of benzene rings is 6. The first-order chi connectivity index (χ1) is 28.4. The molecule has 0 aliphatic carbocycles. The van der Waals surface area contributed by atoms with Gasteiger partial charge in [-0.05, 0) is 66.3 Å². The lowest BCUT2D eigenvalue weighted by Gasteiger charge is -2.25. The lowest BCUT2D eigenvalue weighted by molar-refractivity contribution is 0.0520. The fourth-order valence-electron chi connectivity index (χ4n) is 8.89. The van der Waals surface area contributed by atoms with Crippen molar-refractivity contribution in [1.29, 1.82) is 0 Å². The van der Waals surface area contributed by atoms with Gasteiger partial charge in [0.2, 0.25) is 0 Å². The van der Waals surface area contributed by atoms with Gasteiger partial charge in [0.05, 0.1) is 57.8 Å². The van der Waals surface area contributed by atoms with Crippen LogP contribution in [0.15, 0.2) is 146 Å². The van der Waals surface area contributed by atoms with Gasteiger partial charge in [0.1, 0.15) is 0 Å². The Labute approximate surface area is 343 Å². The Hall–Kier alpha value is -6.60. The van der Waals surface area contributed by atoms with E-state index in [1.807, 2.05) is 129 Å². The van der Waals surface area contributed by atoms with Crippen LogP contribution in [0, 0.1) is 0 Å². The molecule has 4 aromatic heterocycles. The Morgan fingerprint density at radius 1 is 0.500 bits per heavy atom. The number of rotatable bonds is 8. The number of nitrogens with zero attached hydrogens (tertiary/aromatic N) is 2. The molecule has 4 heterocycles. The molecule has 0 aliphatic heterocycles. The summed E-state index contributed by atoms with van der Waals surface area (Å²) in [7, 11) is 0. The van der Waals surface area contributed by atoms with Crippen molar-refractivity contribution in [2.45, 2.75) is 13.8 Å². The summed E-state index contributed by atoms with van der Waals surface area (Å²) in [5, 5.41) is 5.32. The van der Waals surface area contributed by atoms with Crippen molar-refractivity contribution in [1.82, 2.24) is 8.97 Å². The van der Waals surface area contributed by atoms with Gasteiger partial charge < -0.3 is 18.4 Å². The highest BCUT2D eigenvalue weighted by molar-refractivity contribution is 6.32. The van der Waals surface area contributed by atoms with Crippen LogP contribution in [0.2, 0.25) is 10.0 Å². The molecule has 0 fully saturated rings. The largest absolute Gasteiger partial charge is 0.462 e. The number of esters is 2. The van der Waals surface area contributed by atoms with E-state index in [2.05, 4.69) is 39.3 Å². The number of para-hydroxylation sites is 2. The molecule has 282 valence electrons. The Bertz CT molecular complexity index is 3270. The lowest BCUT2D eigenvalue weighted by Crippen LogP contribution is -2.10. The predicted octanol–water partition coefficient (Wildman–Crippen LogP) is 13.4. The van der Waals surface area contributed by atoms with Crippen LogP contribution in [0.1, 0.15) is 34.6 Å². The molecule has 8 heteroatoms. The molecule has 6 nitrogen and oxygen atoms in total. The molecule has 0 spiro atoms. The van der Waals surface area contributed by atoms with E-state index in [0.717, 1.165) is 82.5 Å². The van der Waals surface area contributed by atoms with Gasteiger partial charge in [-0.15, -0.1) is 0 Å². The van der Waals surface area contributed by atoms with Gasteiger partial charge in [-0.2, -0.15) is 0 Å². The van der Waals surface area contributed by atoms with Crippen molar-refractivity contribution in [3.8, 4) is 39.2 Å². The number of ether oxygens (including phenoxy) is 2. The molecular weight excluding hydrogens is 763 g/mol. The van der Waals surface area contributed by atoms with Gasteiger partial charge in [0.15, 0.2) is 0 Å². The van der Waals surface area contributed by atoms with Crippen LogP contribution in [0.25, 0.3) is 88.2 Å². The second kappa shape index (κ2) is 14.1. The minimum absolute atomic E-state index is 0.207. The van der Waals surface area contributed by atoms with Gasteiger partial charge in [-0.1, -0.05) is 138 Å². The smallest absolute Gasteiger partial charge is 0.340 e. The lowest BCUT2D eigenvalue weighted by atomic mass is 9.92. The number of hydrogen-bond donors (Lipinski definition) is 0. The standard InChI is InChI=1S/C50H34Cl2N2O4/c1-3-57-49(55)42-36-23-10-11-26-39(36)53(44(42)29-15-6-5-7-16-29)47-41(31-18-13-20-33(52)28-31)37-24-14-25-38-43(50(56)58-4-2)46-35-22-9-8-21-34(35)40(48(47)54(46)45(37)38)30-17-12-19-32(51)27-30/h5-28H,3-4H2,1-2H3. The van der Waals surface area contributed by atoms with Crippen LogP contribution >= 0.6 is 23.2 Å². The number of halogens is 2. The maximum Gasteiger partial charge on any atom is 0.340 e. The monoisotopic (exact) mass is 796 g/mol. The third-order valence-electron chi connectivity index (χ3n) is 11.0. The Morgan fingerprint density at radius 2 is 1.03 bits per heavy atom. The zero-order valence-corrected chi connectivity index (χ0v) is 33.1. The summed E-state index contributed by atoms with van der Waals surface area (Å²) in [5.41, 5.74) is 9.88. The molecule has 0 aliphatic rings. The fourth-order valence-corrected chi connectivity index (χ4v) is 9.27. The molecule has 0 amide bonds. The van der Waals surface area contributed by atoms with Crippen LogP contribution < -0.4 is 0 Å². The first-order valence-corrected chi connectivity index (χ1v) is 20.0. The molecule has 0 bridgehead atoms. The number of carbonyl (C=O) groups excluding carboxylic acids is 2. The topological polar surface area (TPSA) is 61.9 Å². The van der Waals surface area contributed by atoms with E-state index in [1.54, 1.807) is 0 Å². The van der Waals surface area contributed by atoms with Crippen LogP contribution in [0.5, 0.6) is 0 Å². The number of fused-ring (bicyclic) bond motifs is 3. The predicted molar refractivity (Wildman–Crippen MR) is 236 cm³/mol. The van der Waals surface area contributed by atoms with Crippen LogP contribution in [-0.4, -0.2) is 34.1 Å². The van der Waals surface area contributed by atoms with E-state index in [-0.39, 0.29) is 13.2 Å². The zero-order valence-electron chi connectivity index (χ0n) is 31.6. The van der Waals surface area contributed by atoms with E-state index in [0.29, 0.717) is 26.9 Å². The number of carbonyl (C=O) groups is 2. The molecule has 10 rings (SSSR count). The van der Waals surface area contributed by atoms with E-state index < -0.39 is 11.9 Å². The fraction of sp³-hybridized carbons (Fsp3) is 0.0800. The quantitative estimate of drug-likeness (QED) is 0.0873. The summed E-state index contributed by atoms with van der Waals surface area (Å²) in [6, 6.07) is 47.8. The van der Waals surface area contributed by atoms with E-state index in [1.165, 1.54) is 0 Å². The van der Waals surface area contributed by atoms with Crippen molar-refractivity contribution in [2.75, 3.05) is 13.2 Å². The third-order valence-corrected chi connectivity index (χ3v) is 11.4. The SMILES string of the molecule is CCOC(=O)c1c(-c2ccccc2)n(-c2c(-c3cccc(Cl)c3)c3cccc4c(C(=O)OCC)c5c6ccccc6c(-c6cccc(Cl)c6)c2n5c34)c2ccccc12. The van der Waals surface area contributed by atoms with Gasteiger partial charge in [-0.3, -0.25) is 0 Å². The maximum atomic E-state index is 14.4. The summed E-state index contributed by atoms with van der Waals surface area (Å²) < 4.78 is 16.1. The molecule has 6 aromatic carbocycles. The van der Waals surface area contributed by atoms with Gasteiger partial charge in [0.25, 0.3) is 0 Å². The van der Waals surface area contributed by atoms with Gasteiger partial charge in [0, 0.05) is 42.7 Å². The molecule has 0 unspecified atom stereocenters. The Kier molecular flexibility index (Phi) is 8.70. The Balaban J connectivity index is 1.59. The molecular formula is C50H34Cl2N2O4. The second-order valence-corrected chi connectivity index (χ2v) is 15.0. The first kappa shape index (κ1) is 35.8. The van der Waals surface area contributed by atoms with Crippen molar-refractivity contribution in [2.24, 2.45) is 0 Å². The average Bonchev–Trinajstić information content (AvgIpc) is 3.77. The molecule has 0 radical (unpaired) electrons. The molecule has 0 N–H and O–H groups in total. The first-order valence-electron chi connectivity index (χ1n) is 19.2. The highest BCUT2D eigenvalue weighted by atomic mass is 35.5. The molecule has 58 heavy (non-hydrogen) atoms. The van der Waals surface area contributed by atoms with E-state index >= 15 is 0 Å². The molecule has 0 atom stereocenters. The highest BCUT2D eigenvalue weighted by Crippen LogP contribution is 2.52. The maximum absolute atomic E-state index is 14.4. The third kappa shape index (κ3) is 5.33. The minimum Gasteiger partial charge on any atom is -0.462 e. The van der Waals surface area contributed by atoms with Crippen molar-refractivity contribution in [3.05, 3.63) is 167 Å². The number of hydrogen-bond acceptors (Lipinski definition) is 4. The zero-order chi connectivity index (χ0) is 39.7. The summed E-state index contributed by atoms with van der Waals surface area (Å²) in [6.45, 7) is 4.06. The average molecular weight is 798 g/mol. The summed E-state index contributed by atoms with van der Waals surface area (Å²) in [6.07, 6.45) is 0. The second-order valence-electron chi connectivity index (χ2n) is 14.2. The molecule has 0 saturated carbocycles. The number of pyridine rings is 2. The summed E-state index contributed by atoms with van der Waals surface area (Å²) in [4.78, 5) is 28.8. The normalized spacial score (nSPS) is 11.7. The highest BCUT2D eigenvalue weighted by Gasteiger charge is 2.34. The van der Waals surface area contributed by atoms with E-state index in [9.17, 15) is 9.59 Å². The van der Waals surface area contributed by atoms with Crippen molar-refractivity contribution >= 4 is 84.1 Å². The van der Waals surface area contributed by atoms with Crippen molar-refractivity contribution < 1.29 is 19.1 Å². The number of aromatic nitrogens is 2. The Morgan fingerprint density at radius 3 is 1.71 bits per heavy atom. The summed E-state index contributed by atoms with van der Waals surface area (Å²) in [5.74, 6) is -0.836. The van der Waals surface area contributed by atoms with Crippen LogP contribution in [0.3, 0.4) is 0 Å². The van der Waals surface area contributed by atoms with E-state index in [4.69, 9.17) is 32.7 Å². The molecule has 0 saturated heterocycles. The summed E-state index contributed by atoms with van der Waals surface area (Å²) >= 11 is 13.7.